The predicted octanol–water partition coefficient (Wildman–Crippen LogP) is 1.79. The molecule has 0 radical (unpaired) electrons. The normalized spacial score (nSPS) is 10.2. The number of carbonyl (C=O) groups excluding carboxylic acids is 1. The number of methoxy groups -OCH3 is 2. The van der Waals surface area contributed by atoms with Gasteiger partial charge < -0.3 is 19.8 Å². The summed E-state index contributed by atoms with van der Waals surface area (Å²) in [5.74, 6) is 1.96. The van der Waals surface area contributed by atoms with Crippen molar-refractivity contribution >= 4 is 5.91 Å². The Labute approximate surface area is 123 Å². The Morgan fingerprint density at radius 1 is 1.24 bits per heavy atom. The molecule has 0 aliphatic rings. The molecule has 0 saturated heterocycles. The van der Waals surface area contributed by atoms with Crippen molar-refractivity contribution in [1.29, 1.82) is 0 Å². The molecule has 112 valence electrons. The number of carbonyl (C=O) groups is 1. The standard InChI is InChI=1S/C15H19N3O3/c1-20-12-8-11(9-13(10-12)21-2)15(19)18-5-3-4-14-16-6-7-17-14/h6-10H,3-5H2,1-2H3,(H,16,17)(H,18,19). The van der Waals surface area contributed by atoms with Gasteiger partial charge in [0, 0.05) is 37.0 Å². The molecule has 1 amide bonds. The summed E-state index contributed by atoms with van der Waals surface area (Å²) in [4.78, 5) is 19.3. The van der Waals surface area contributed by atoms with Gasteiger partial charge in [0.2, 0.25) is 0 Å². The van der Waals surface area contributed by atoms with Gasteiger partial charge in [0.25, 0.3) is 5.91 Å². The van der Waals surface area contributed by atoms with E-state index in [1.54, 1.807) is 44.8 Å². The minimum Gasteiger partial charge on any atom is -0.497 e. The topological polar surface area (TPSA) is 76.2 Å². The summed E-state index contributed by atoms with van der Waals surface area (Å²) in [6, 6.07) is 5.10. The van der Waals surface area contributed by atoms with E-state index in [0.717, 1.165) is 18.7 Å². The summed E-state index contributed by atoms with van der Waals surface area (Å²) in [7, 11) is 3.11. The van der Waals surface area contributed by atoms with Crippen LogP contribution in [-0.2, 0) is 6.42 Å². The lowest BCUT2D eigenvalue weighted by atomic mass is 10.2. The van der Waals surface area contributed by atoms with E-state index in [0.29, 0.717) is 23.6 Å². The highest BCUT2D eigenvalue weighted by atomic mass is 16.5. The number of nitrogens with one attached hydrogen (secondary N) is 2. The maximum atomic E-state index is 12.1. The minimum absolute atomic E-state index is 0.147. The van der Waals surface area contributed by atoms with E-state index in [1.807, 2.05) is 0 Å². The van der Waals surface area contributed by atoms with Crippen LogP contribution in [0.2, 0.25) is 0 Å². The third-order valence-electron chi connectivity index (χ3n) is 3.04. The molecule has 0 bridgehead atoms. The molecule has 0 saturated carbocycles. The molecule has 2 rings (SSSR count). The Hall–Kier alpha value is -2.50. The van der Waals surface area contributed by atoms with Crippen molar-refractivity contribution in [2.75, 3.05) is 20.8 Å². The van der Waals surface area contributed by atoms with Gasteiger partial charge >= 0.3 is 0 Å². The lowest BCUT2D eigenvalue weighted by Crippen LogP contribution is -2.24. The fourth-order valence-electron chi connectivity index (χ4n) is 1.93. The van der Waals surface area contributed by atoms with E-state index < -0.39 is 0 Å². The van der Waals surface area contributed by atoms with Crippen molar-refractivity contribution in [2.45, 2.75) is 12.8 Å². The first-order valence-electron chi connectivity index (χ1n) is 6.72. The molecule has 0 unspecified atom stereocenters. The van der Waals surface area contributed by atoms with Gasteiger partial charge in [0.1, 0.15) is 17.3 Å². The van der Waals surface area contributed by atoms with Crippen LogP contribution in [0.15, 0.2) is 30.6 Å². The van der Waals surface area contributed by atoms with E-state index in [-0.39, 0.29) is 5.91 Å². The summed E-state index contributed by atoms with van der Waals surface area (Å²) in [6.07, 6.45) is 5.13. The first-order chi connectivity index (χ1) is 10.2. The van der Waals surface area contributed by atoms with E-state index in [9.17, 15) is 4.79 Å². The van der Waals surface area contributed by atoms with Crippen molar-refractivity contribution < 1.29 is 14.3 Å². The lowest BCUT2D eigenvalue weighted by Gasteiger charge is -2.09. The van der Waals surface area contributed by atoms with Crippen LogP contribution >= 0.6 is 0 Å². The Morgan fingerprint density at radius 2 is 1.95 bits per heavy atom. The molecule has 6 nitrogen and oxygen atoms in total. The zero-order valence-electron chi connectivity index (χ0n) is 12.2. The van der Waals surface area contributed by atoms with Crippen LogP contribution in [0, 0.1) is 0 Å². The molecule has 0 aliphatic carbocycles. The number of hydrogen-bond donors (Lipinski definition) is 2. The number of rotatable bonds is 7. The van der Waals surface area contributed by atoms with Gasteiger partial charge in [-0.05, 0) is 18.6 Å². The maximum Gasteiger partial charge on any atom is 0.251 e. The second-order valence-corrected chi connectivity index (χ2v) is 4.50. The van der Waals surface area contributed by atoms with Gasteiger partial charge in [-0.2, -0.15) is 0 Å². The van der Waals surface area contributed by atoms with Gasteiger partial charge in [-0.3, -0.25) is 4.79 Å². The SMILES string of the molecule is COc1cc(OC)cc(C(=O)NCCCc2ncc[nH]2)c1. The second-order valence-electron chi connectivity index (χ2n) is 4.50. The summed E-state index contributed by atoms with van der Waals surface area (Å²) in [6.45, 7) is 0.582. The Bertz CT molecular complexity index is 560. The van der Waals surface area contributed by atoms with E-state index in [1.165, 1.54) is 0 Å². The molecule has 2 aromatic rings. The molecule has 0 spiro atoms. The van der Waals surface area contributed by atoms with E-state index in [2.05, 4.69) is 15.3 Å². The predicted molar refractivity (Wildman–Crippen MR) is 78.8 cm³/mol. The van der Waals surface area contributed by atoms with Crippen LogP contribution in [-0.4, -0.2) is 36.6 Å². The van der Waals surface area contributed by atoms with Crippen LogP contribution in [0.3, 0.4) is 0 Å². The number of ether oxygens (including phenoxy) is 2. The number of hydrogen-bond acceptors (Lipinski definition) is 4. The number of aromatic nitrogens is 2. The largest absolute Gasteiger partial charge is 0.497 e. The average Bonchev–Trinajstić information content (AvgIpc) is 3.04. The molecule has 1 heterocycles. The van der Waals surface area contributed by atoms with Crippen molar-refractivity contribution in [3.05, 3.63) is 42.0 Å². The zero-order valence-corrected chi connectivity index (χ0v) is 12.2. The molecule has 6 heteroatoms. The van der Waals surface area contributed by atoms with Crippen molar-refractivity contribution in [1.82, 2.24) is 15.3 Å². The van der Waals surface area contributed by atoms with E-state index in [4.69, 9.17) is 9.47 Å². The van der Waals surface area contributed by atoms with Crippen molar-refractivity contribution in [3.8, 4) is 11.5 Å². The average molecular weight is 289 g/mol. The molecular weight excluding hydrogens is 270 g/mol. The molecule has 2 N–H and O–H groups in total. The summed E-state index contributed by atoms with van der Waals surface area (Å²) in [5, 5.41) is 2.87. The Kier molecular flexibility index (Phi) is 5.20. The van der Waals surface area contributed by atoms with Gasteiger partial charge in [-0.1, -0.05) is 0 Å². The van der Waals surface area contributed by atoms with Gasteiger partial charge in [0.15, 0.2) is 0 Å². The number of nitrogens with zero attached hydrogens (tertiary/aromatic N) is 1. The van der Waals surface area contributed by atoms with Gasteiger partial charge in [-0.25, -0.2) is 4.98 Å². The summed E-state index contributed by atoms with van der Waals surface area (Å²) >= 11 is 0. The molecule has 0 aliphatic heterocycles. The van der Waals surface area contributed by atoms with E-state index >= 15 is 0 Å². The minimum atomic E-state index is -0.147. The first-order valence-corrected chi connectivity index (χ1v) is 6.72. The summed E-state index contributed by atoms with van der Waals surface area (Å²) < 4.78 is 10.3. The molecule has 0 fully saturated rings. The third kappa shape index (κ3) is 4.24. The quantitative estimate of drug-likeness (QED) is 0.762. The Balaban J connectivity index is 1.87. The highest BCUT2D eigenvalue weighted by molar-refractivity contribution is 5.95. The van der Waals surface area contributed by atoms with Crippen molar-refractivity contribution in [2.24, 2.45) is 0 Å². The first kappa shape index (κ1) is 14.9. The van der Waals surface area contributed by atoms with Crippen LogP contribution in [0.5, 0.6) is 11.5 Å². The third-order valence-corrected chi connectivity index (χ3v) is 3.04. The zero-order chi connectivity index (χ0) is 15.1. The molecule has 21 heavy (non-hydrogen) atoms. The fraction of sp³-hybridized carbons (Fsp3) is 0.333. The van der Waals surface area contributed by atoms with Crippen LogP contribution in [0.25, 0.3) is 0 Å². The number of benzene rings is 1. The van der Waals surface area contributed by atoms with Crippen LogP contribution in [0.4, 0.5) is 0 Å². The molecular formula is C15H19N3O3. The van der Waals surface area contributed by atoms with Gasteiger partial charge in [-0.15, -0.1) is 0 Å². The van der Waals surface area contributed by atoms with Crippen molar-refractivity contribution in [3.63, 3.8) is 0 Å². The molecule has 0 atom stereocenters. The van der Waals surface area contributed by atoms with Crippen LogP contribution < -0.4 is 14.8 Å². The Morgan fingerprint density at radius 3 is 2.52 bits per heavy atom. The lowest BCUT2D eigenvalue weighted by molar-refractivity contribution is 0.0952. The fourth-order valence-corrected chi connectivity index (χ4v) is 1.93. The number of aryl methyl sites for hydroxylation is 1. The molecule has 1 aromatic heterocycles. The van der Waals surface area contributed by atoms with Gasteiger partial charge in [0.05, 0.1) is 14.2 Å². The second kappa shape index (κ2) is 7.33. The highest BCUT2D eigenvalue weighted by Crippen LogP contribution is 2.22. The number of amides is 1. The number of imidazole rings is 1. The summed E-state index contributed by atoms with van der Waals surface area (Å²) in [5.41, 5.74) is 0.518. The molecule has 1 aromatic carbocycles. The number of H-pyrrole nitrogens is 1. The van der Waals surface area contributed by atoms with Crippen LogP contribution in [0.1, 0.15) is 22.6 Å². The monoisotopic (exact) mass is 289 g/mol. The number of aromatic amines is 1. The highest BCUT2D eigenvalue weighted by Gasteiger charge is 2.09. The smallest absolute Gasteiger partial charge is 0.251 e. The maximum absolute atomic E-state index is 12.1.